The minimum atomic E-state index is -0.757. The molecule has 0 fully saturated rings. The number of rotatable bonds is 3. The van der Waals surface area contributed by atoms with Gasteiger partial charge in [-0.3, -0.25) is 9.59 Å². The van der Waals surface area contributed by atoms with Crippen LogP contribution in [-0.2, 0) is 16.1 Å². The van der Waals surface area contributed by atoms with E-state index in [0.717, 1.165) is 11.1 Å². The Labute approximate surface area is 132 Å². The first-order chi connectivity index (χ1) is 11.1. The van der Waals surface area contributed by atoms with Gasteiger partial charge in [0.2, 0.25) is 6.79 Å². The van der Waals surface area contributed by atoms with Crippen LogP contribution in [0.15, 0.2) is 36.5 Å². The second kappa shape index (κ2) is 6.35. The molecule has 7 heteroatoms. The van der Waals surface area contributed by atoms with Crippen LogP contribution in [0.25, 0.3) is 0 Å². The molecule has 2 heterocycles. The second-order valence-electron chi connectivity index (χ2n) is 4.99. The van der Waals surface area contributed by atoms with Crippen molar-refractivity contribution in [2.75, 3.05) is 12.1 Å². The molecule has 0 radical (unpaired) electrons. The summed E-state index contributed by atoms with van der Waals surface area (Å²) in [4.78, 5) is 27.7. The van der Waals surface area contributed by atoms with Gasteiger partial charge in [0.1, 0.15) is 5.82 Å². The van der Waals surface area contributed by atoms with Crippen LogP contribution in [0, 0.1) is 6.92 Å². The lowest BCUT2D eigenvalue weighted by Gasteiger charge is -2.08. The van der Waals surface area contributed by atoms with Gasteiger partial charge < -0.3 is 20.1 Å². The number of pyridine rings is 1. The summed E-state index contributed by atoms with van der Waals surface area (Å²) in [5.41, 5.74) is 1.59. The maximum absolute atomic E-state index is 11.9. The van der Waals surface area contributed by atoms with E-state index < -0.39 is 11.8 Å². The Balaban J connectivity index is 1.57. The van der Waals surface area contributed by atoms with E-state index in [4.69, 9.17) is 9.47 Å². The smallest absolute Gasteiger partial charge is 0.314 e. The number of carbonyl (C=O) groups excluding carboxylic acids is 2. The third-order valence-corrected chi connectivity index (χ3v) is 3.34. The van der Waals surface area contributed by atoms with Crippen molar-refractivity contribution in [1.82, 2.24) is 10.3 Å². The van der Waals surface area contributed by atoms with Crippen LogP contribution in [0.5, 0.6) is 11.5 Å². The van der Waals surface area contributed by atoms with Gasteiger partial charge in [-0.25, -0.2) is 4.98 Å². The molecule has 0 saturated carbocycles. The Morgan fingerprint density at radius 2 is 2.00 bits per heavy atom. The molecule has 2 aromatic rings. The third kappa shape index (κ3) is 3.39. The summed E-state index contributed by atoms with van der Waals surface area (Å²) in [6, 6.07) is 8.89. The van der Waals surface area contributed by atoms with E-state index in [0.29, 0.717) is 17.3 Å². The normalized spacial score (nSPS) is 11.9. The van der Waals surface area contributed by atoms with Gasteiger partial charge in [0.05, 0.1) is 0 Å². The van der Waals surface area contributed by atoms with E-state index in [1.165, 1.54) is 0 Å². The highest BCUT2D eigenvalue weighted by Crippen LogP contribution is 2.32. The largest absolute Gasteiger partial charge is 0.454 e. The van der Waals surface area contributed by atoms with Gasteiger partial charge in [0.25, 0.3) is 0 Å². The van der Waals surface area contributed by atoms with Gasteiger partial charge in [-0.2, -0.15) is 0 Å². The molecule has 1 aromatic heterocycles. The zero-order valence-corrected chi connectivity index (χ0v) is 12.5. The molecule has 3 rings (SSSR count). The van der Waals surface area contributed by atoms with Crippen LogP contribution in [-0.4, -0.2) is 23.6 Å². The van der Waals surface area contributed by atoms with Crippen molar-refractivity contribution in [2.45, 2.75) is 13.5 Å². The molecule has 1 aliphatic rings. The van der Waals surface area contributed by atoms with Gasteiger partial charge in [-0.1, -0.05) is 12.1 Å². The van der Waals surface area contributed by atoms with E-state index in [9.17, 15) is 9.59 Å². The summed E-state index contributed by atoms with van der Waals surface area (Å²) < 4.78 is 10.5. The summed E-state index contributed by atoms with van der Waals surface area (Å²) in [5, 5.41) is 5.04. The van der Waals surface area contributed by atoms with Gasteiger partial charge in [-0.05, 0) is 36.2 Å². The summed E-state index contributed by atoms with van der Waals surface area (Å²) in [5.74, 6) is 0.185. The maximum atomic E-state index is 11.9. The number of fused-ring (bicyclic) bond motifs is 1. The number of hydrogen-bond acceptors (Lipinski definition) is 5. The SMILES string of the molecule is Cc1cccnc1NC(=O)C(=O)NCc1ccc2c(c1)OCO2. The fourth-order valence-electron chi connectivity index (χ4n) is 2.09. The van der Waals surface area contributed by atoms with Crippen molar-refractivity contribution in [3.05, 3.63) is 47.7 Å². The van der Waals surface area contributed by atoms with Crippen LogP contribution in [0.4, 0.5) is 5.82 Å². The first kappa shape index (κ1) is 14.8. The van der Waals surface area contributed by atoms with Crippen molar-refractivity contribution in [2.24, 2.45) is 0 Å². The number of benzene rings is 1. The molecule has 7 nitrogen and oxygen atoms in total. The molecule has 1 aliphatic heterocycles. The Bertz CT molecular complexity index is 761. The van der Waals surface area contributed by atoms with Crippen LogP contribution in [0.2, 0.25) is 0 Å². The molecule has 0 unspecified atom stereocenters. The standard InChI is InChI=1S/C16H15N3O4/c1-10-3-2-6-17-14(10)19-16(21)15(20)18-8-11-4-5-12-13(7-11)23-9-22-12/h2-7H,8-9H2,1H3,(H,18,20)(H,17,19,21). The molecule has 1 aromatic carbocycles. The molecule has 2 amide bonds. The molecule has 0 spiro atoms. The average molecular weight is 313 g/mol. The molecule has 118 valence electrons. The fraction of sp³-hybridized carbons (Fsp3) is 0.188. The number of carbonyl (C=O) groups is 2. The Morgan fingerprint density at radius 1 is 1.17 bits per heavy atom. The van der Waals surface area contributed by atoms with Crippen molar-refractivity contribution in [3.8, 4) is 11.5 Å². The number of hydrogen-bond donors (Lipinski definition) is 2. The Kier molecular flexibility index (Phi) is 4.09. The van der Waals surface area contributed by atoms with Gasteiger partial charge in [0, 0.05) is 12.7 Å². The monoisotopic (exact) mass is 313 g/mol. The highest BCUT2D eigenvalue weighted by Gasteiger charge is 2.16. The van der Waals surface area contributed by atoms with Crippen LogP contribution in [0.3, 0.4) is 0 Å². The second-order valence-corrected chi connectivity index (χ2v) is 4.99. The van der Waals surface area contributed by atoms with E-state index in [1.807, 2.05) is 0 Å². The lowest BCUT2D eigenvalue weighted by atomic mass is 10.2. The van der Waals surface area contributed by atoms with Crippen LogP contribution >= 0.6 is 0 Å². The fourth-order valence-corrected chi connectivity index (χ4v) is 2.09. The number of nitrogens with one attached hydrogen (secondary N) is 2. The number of aromatic nitrogens is 1. The predicted octanol–water partition coefficient (Wildman–Crippen LogP) is 1.37. The summed E-state index contributed by atoms with van der Waals surface area (Å²) in [7, 11) is 0. The highest BCUT2D eigenvalue weighted by molar-refractivity contribution is 6.39. The van der Waals surface area contributed by atoms with Gasteiger partial charge in [-0.15, -0.1) is 0 Å². The van der Waals surface area contributed by atoms with Crippen molar-refractivity contribution in [1.29, 1.82) is 0 Å². The lowest BCUT2D eigenvalue weighted by molar-refractivity contribution is -0.136. The van der Waals surface area contributed by atoms with Crippen molar-refractivity contribution < 1.29 is 19.1 Å². The van der Waals surface area contributed by atoms with Crippen LogP contribution in [0.1, 0.15) is 11.1 Å². The van der Waals surface area contributed by atoms with E-state index in [1.54, 1.807) is 43.5 Å². The lowest BCUT2D eigenvalue weighted by Crippen LogP contribution is -2.35. The summed E-state index contributed by atoms with van der Waals surface area (Å²) in [6.07, 6.45) is 1.55. The zero-order valence-electron chi connectivity index (χ0n) is 12.5. The molecular formula is C16H15N3O4. The number of ether oxygens (including phenoxy) is 2. The van der Waals surface area contributed by atoms with Crippen molar-refractivity contribution in [3.63, 3.8) is 0 Å². The van der Waals surface area contributed by atoms with E-state index in [-0.39, 0.29) is 13.3 Å². The number of aryl methyl sites for hydroxylation is 1. The first-order valence-electron chi connectivity index (χ1n) is 7.03. The minimum Gasteiger partial charge on any atom is -0.454 e. The van der Waals surface area contributed by atoms with Crippen molar-refractivity contribution >= 4 is 17.6 Å². The molecule has 0 atom stereocenters. The molecule has 2 N–H and O–H groups in total. The third-order valence-electron chi connectivity index (χ3n) is 3.34. The number of nitrogens with zero attached hydrogens (tertiary/aromatic N) is 1. The van der Waals surface area contributed by atoms with E-state index >= 15 is 0 Å². The van der Waals surface area contributed by atoms with Gasteiger partial charge >= 0.3 is 11.8 Å². The summed E-state index contributed by atoms with van der Waals surface area (Å²) >= 11 is 0. The first-order valence-corrected chi connectivity index (χ1v) is 7.03. The zero-order chi connectivity index (χ0) is 16.2. The van der Waals surface area contributed by atoms with Gasteiger partial charge in [0.15, 0.2) is 11.5 Å². The molecule has 0 saturated heterocycles. The summed E-state index contributed by atoms with van der Waals surface area (Å²) in [6.45, 7) is 2.20. The maximum Gasteiger partial charge on any atom is 0.314 e. The average Bonchev–Trinajstić information content (AvgIpc) is 3.02. The highest BCUT2D eigenvalue weighted by atomic mass is 16.7. The number of anilines is 1. The topological polar surface area (TPSA) is 89.6 Å². The quantitative estimate of drug-likeness (QED) is 0.836. The molecular weight excluding hydrogens is 298 g/mol. The Hall–Kier alpha value is -3.09. The molecule has 0 aliphatic carbocycles. The molecule has 0 bridgehead atoms. The van der Waals surface area contributed by atoms with Crippen LogP contribution < -0.4 is 20.1 Å². The minimum absolute atomic E-state index is 0.191. The predicted molar refractivity (Wildman–Crippen MR) is 82.0 cm³/mol. The number of amides is 2. The Morgan fingerprint density at radius 3 is 2.83 bits per heavy atom. The molecule has 23 heavy (non-hydrogen) atoms. The van der Waals surface area contributed by atoms with E-state index in [2.05, 4.69) is 15.6 Å².